The van der Waals surface area contributed by atoms with E-state index in [9.17, 15) is 9.59 Å². The van der Waals surface area contributed by atoms with Crippen LogP contribution in [0.15, 0.2) is 0 Å². The summed E-state index contributed by atoms with van der Waals surface area (Å²) in [5.74, 6) is -1.49. The van der Waals surface area contributed by atoms with Gasteiger partial charge in [0, 0.05) is 12.2 Å². The number of nitrogens with two attached hydrogens (primary N) is 1. The predicted molar refractivity (Wildman–Crippen MR) is 61.5 cm³/mol. The fourth-order valence-corrected chi connectivity index (χ4v) is 1.96. The van der Waals surface area contributed by atoms with Gasteiger partial charge in [0.2, 0.25) is 5.91 Å². The highest BCUT2D eigenvalue weighted by Gasteiger charge is 2.37. The molecule has 6 heteroatoms. The predicted octanol–water partition coefficient (Wildman–Crippen LogP) is 0.501. The summed E-state index contributed by atoms with van der Waals surface area (Å²) in [6.07, 6.45) is 0.308. The number of nitrogens with zero attached hydrogens (tertiary/aromatic N) is 1. The van der Waals surface area contributed by atoms with Crippen molar-refractivity contribution in [3.8, 4) is 6.07 Å². The van der Waals surface area contributed by atoms with Crippen LogP contribution in [0.3, 0.4) is 0 Å². The third-order valence-electron chi connectivity index (χ3n) is 2.63. The number of ether oxygens (including phenoxy) is 1. The van der Waals surface area contributed by atoms with Gasteiger partial charge < -0.3 is 10.5 Å². The first kappa shape index (κ1) is 14.8. The third-order valence-corrected chi connectivity index (χ3v) is 2.99. The summed E-state index contributed by atoms with van der Waals surface area (Å²) in [5, 5.41) is 9.08. The number of primary amides is 1. The highest BCUT2D eigenvalue weighted by molar-refractivity contribution is 7.80. The molecule has 0 saturated carbocycles. The fraction of sp³-hybridized carbons (Fsp3) is 0.700. The zero-order chi connectivity index (χ0) is 12.8. The molecule has 5 nitrogen and oxygen atoms in total. The van der Waals surface area contributed by atoms with Crippen molar-refractivity contribution in [3.63, 3.8) is 0 Å². The van der Waals surface area contributed by atoms with Gasteiger partial charge in [-0.05, 0) is 13.3 Å². The first-order chi connectivity index (χ1) is 7.41. The Labute approximate surface area is 100 Å². The monoisotopic (exact) mass is 244 g/mol. The van der Waals surface area contributed by atoms with Crippen LogP contribution < -0.4 is 5.73 Å². The Morgan fingerprint density at radius 1 is 1.62 bits per heavy atom. The van der Waals surface area contributed by atoms with Crippen molar-refractivity contribution in [2.24, 2.45) is 17.1 Å². The lowest BCUT2D eigenvalue weighted by atomic mass is 9.75. The molecule has 0 aliphatic rings. The molecule has 2 atom stereocenters. The van der Waals surface area contributed by atoms with Gasteiger partial charge in [-0.3, -0.25) is 9.59 Å². The highest BCUT2D eigenvalue weighted by Crippen LogP contribution is 2.32. The van der Waals surface area contributed by atoms with Crippen molar-refractivity contribution in [2.75, 3.05) is 12.9 Å². The zero-order valence-electron chi connectivity index (χ0n) is 9.40. The number of hydrogen-bond donors (Lipinski definition) is 2. The molecule has 0 spiro atoms. The summed E-state index contributed by atoms with van der Waals surface area (Å²) in [5.41, 5.74) is 4.21. The number of nitriles is 1. The Hall–Kier alpha value is -1.22. The van der Waals surface area contributed by atoms with E-state index in [-0.39, 0.29) is 18.6 Å². The Morgan fingerprint density at radius 3 is 2.50 bits per heavy atom. The van der Waals surface area contributed by atoms with Crippen LogP contribution >= 0.6 is 12.6 Å². The average molecular weight is 244 g/mol. The van der Waals surface area contributed by atoms with Crippen LogP contribution in [0.1, 0.15) is 19.8 Å². The summed E-state index contributed by atoms with van der Waals surface area (Å²) in [4.78, 5) is 22.1. The van der Waals surface area contributed by atoms with Crippen LogP contribution in [0.4, 0.5) is 0 Å². The fourth-order valence-electron chi connectivity index (χ4n) is 1.38. The van der Waals surface area contributed by atoms with Gasteiger partial charge >= 0.3 is 5.97 Å². The molecule has 0 radical (unpaired) electrons. The molecular formula is C10H16N2O3S. The number of esters is 1. The summed E-state index contributed by atoms with van der Waals surface area (Å²) in [6.45, 7) is 1.60. The molecule has 2 unspecified atom stereocenters. The van der Waals surface area contributed by atoms with E-state index in [2.05, 4.69) is 17.4 Å². The molecule has 0 rings (SSSR count). The van der Waals surface area contributed by atoms with Crippen molar-refractivity contribution in [1.82, 2.24) is 0 Å². The second kappa shape index (κ2) is 6.38. The number of amides is 1. The van der Waals surface area contributed by atoms with Crippen molar-refractivity contribution in [3.05, 3.63) is 0 Å². The van der Waals surface area contributed by atoms with Crippen LogP contribution in [0.2, 0.25) is 0 Å². The molecule has 0 heterocycles. The number of thiol groups is 1. The normalized spacial score (nSPS) is 15.6. The van der Waals surface area contributed by atoms with Gasteiger partial charge in [-0.2, -0.15) is 17.9 Å². The second-order valence-corrected chi connectivity index (χ2v) is 4.11. The Balaban J connectivity index is 4.71. The van der Waals surface area contributed by atoms with Crippen molar-refractivity contribution in [2.45, 2.75) is 19.8 Å². The maximum atomic E-state index is 11.2. The molecule has 90 valence electrons. The van der Waals surface area contributed by atoms with E-state index in [1.807, 2.05) is 6.07 Å². The minimum Gasteiger partial charge on any atom is -0.469 e. The molecule has 0 saturated heterocycles. The van der Waals surface area contributed by atoms with E-state index in [1.165, 1.54) is 7.11 Å². The summed E-state index contributed by atoms with van der Waals surface area (Å²) in [7, 11) is 1.27. The summed E-state index contributed by atoms with van der Waals surface area (Å²) < 4.78 is 4.48. The van der Waals surface area contributed by atoms with E-state index < -0.39 is 23.2 Å². The molecule has 0 aliphatic carbocycles. The minimum absolute atomic E-state index is 0.0815. The average Bonchev–Trinajstić information content (AvgIpc) is 2.26. The van der Waals surface area contributed by atoms with Crippen LogP contribution in [-0.4, -0.2) is 24.7 Å². The number of carbonyl (C=O) groups is 2. The first-order valence-corrected chi connectivity index (χ1v) is 5.42. The van der Waals surface area contributed by atoms with Crippen LogP contribution in [-0.2, 0) is 14.3 Å². The van der Waals surface area contributed by atoms with Gasteiger partial charge in [-0.25, -0.2) is 0 Å². The van der Waals surface area contributed by atoms with Gasteiger partial charge in [0.25, 0.3) is 0 Å². The molecule has 0 aromatic rings. The standard InChI is InChI=1S/C10H16N2O3S/c1-10(6-11,4-3-8(13)15-2)7(5-16)9(12)14/h7,16H,3-5H2,1-2H3,(H2,12,14). The maximum absolute atomic E-state index is 11.2. The molecular weight excluding hydrogens is 228 g/mol. The Morgan fingerprint density at radius 2 is 2.19 bits per heavy atom. The topological polar surface area (TPSA) is 93.2 Å². The summed E-state index contributed by atoms with van der Waals surface area (Å²) in [6, 6.07) is 2.03. The zero-order valence-corrected chi connectivity index (χ0v) is 10.3. The first-order valence-electron chi connectivity index (χ1n) is 4.79. The molecule has 2 N–H and O–H groups in total. The highest BCUT2D eigenvalue weighted by atomic mass is 32.1. The number of rotatable bonds is 6. The minimum atomic E-state index is -0.984. The third kappa shape index (κ3) is 3.74. The lowest BCUT2D eigenvalue weighted by Gasteiger charge is -2.27. The molecule has 0 aromatic carbocycles. The Kier molecular flexibility index (Phi) is 5.89. The quantitative estimate of drug-likeness (QED) is 0.525. The Bertz CT molecular complexity index is 314. The van der Waals surface area contributed by atoms with Crippen molar-refractivity contribution < 1.29 is 14.3 Å². The molecule has 0 aromatic heterocycles. The largest absolute Gasteiger partial charge is 0.469 e. The van der Waals surface area contributed by atoms with E-state index in [4.69, 9.17) is 11.0 Å². The number of hydrogen-bond acceptors (Lipinski definition) is 5. The van der Waals surface area contributed by atoms with Gasteiger partial charge in [0.15, 0.2) is 0 Å². The van der Waals surface area contributed by atoms with Crippen molar-refractivity contribution >= 4 is 24.5 Å². The van der Waals surface area contributed by atoms with Crippen LogP contribution in [0.5, 0.6) is 0 Å². The molecule has 0 fully saturated rings. The summed E-state index contributed by atoms with van der Waals surface area (Å²) >= 11 is 4.00. The lowest BCUT2D eigenvalue weighted by molar-refractivity contribution is -0.141. The smallest absolute Gasteiger partial charge is 0.305 e. The van der Waals surface area contributed by atoms with E-state index in [0.717, 1.165) is 0 Å². The number of methoxy groups -OCH3 is 1. The van der Waals surface area contributed by atoms with E-state index in [0.29, 0.717) is 0 Å². The maximum Gasteiger partial charge on any atom is 0.305 e. The van der Waals surface area contributed by atoms with E-state index >= 15 is 0 Å². The second-order valence-electron chi connectivity index (χ2n) is 3.74. The van der Waals surface area contributed by atoms with Gasteiger partial charge in [0.1, 0.15) is 0 Å². The molecule has 0 bridgehead atoms. The van der Waals surface area contributed by atoms with Gasteiger partial charge in [-0.15, -0.1) is 0 Å². The number of carbonyl (C=O) groups excluding carboxylic acids is 2. The van der Waals surface area contributed by atoms with Crippen molar-refractivity contribution in [1.29, 1.82) is 5.26 Å². The van der Waals surface area contributed by atoms with Crippen LogP contribution in [0.25, 0.3) is 0 Å². The van der Waals surface area contributed by atoms with Gasteiger partial charge in [-0.1, -0.05) is 0 Å². The van der Waals surface area contributed by atoms with E-state index in [1.54, 1.807) is 6.92 Å². The van der Waals surface area contributed by atoms with Crippen LogP contribution in [0, 0.1) is 22.7 Å². The SMILES string of the molecule is COC(=O)CCC(C)(C#N)C(CS)C(N)=O. The molecule has 0 aliphatic heterocycles. The molecule has 1 amide bonds. The van der Waals surface area contributed by atoms with Gasteiger partial charge in [0.05, 0.1) is 24.5 Å². The lowest BCUT2D eigenvalue weighted by Crippen LogP contribution is -2.38. The molecule has 16 heavy (non-hydrogen) atoms.